The molecule has 0 aliphatic rings. The van der Waals surface area contributed by atoms with Gasteiger partial charge in [0, 0.05) is 6.04 Å². The van der Waals surface area contributed by atoms with Gasteiger partial charge in [-0.1, -0.05) is 6.07 Å². The van der Waals surface area contributed by atoms with E-state index in [2.05, 4.69) is 0 Å². The predicted molar refractivity (Wildman–Crippen MR) is 70.2 cm³/mol. The van der Waals surface area contributed by atoms with Gasteiger partial charge in [0.1, 0.15) is 11.6 Å². The highest BCUT2D eigenvalue weighted by Gasteiger charge is 2.09. The summed E-state index contributed by atoms with van der Waals surface area (Å²) in [7, 11) is 0. The van der Waals surface area contributed by atoms with Gasteiger partial charge in [-0.2, -0.15) is 0 Å². The maximum atomic E-state index is 13.8. The SMILES string of the molecule is Cc1cc(Oc2ccc([C@H](C)N)cc2F)ccc1F. The van der Waals surface area contributed by atoms with Crippen molar-refractivity contribution in [1.29, 1.82) is 0 Å². The van der Waals surface area contributed by atoms with Crippen molar-refractivity contribution in [2.45, 2.75) is 19.9 Å². The first-order valence-corrected chi connectivity index (χ1v) is 5.96. The summed E-state index contributed by atoms with van der Waals surface area (Å²) in [6, 6.07) is 8.60. The molecule has 2 rings (SSSR count). The van der Waals surface area contributed by atoms with Crippen LogP contribution in [0, 0.1) is 18.6 Å². The van der Waals surface area contributed by atoms with Gasteiger partial charge in [-0.3, -0.25) is 0 Å². The highest BCUT2D eigenvalue weighted by molar-refractivity contribution is 5.37. The summed E-state index contributed by atoms with van der Waals surface area (Å²) in [5.74, 6) is -0.321. The van der Waals surface area contributed by atoms with Crippen LogP contribution in [0.2, 0.25) is 0 Å². The summed E-state index contributed by atoms with van der Waals surface area (Å²) < 4.78 is 32.3. The van der Waals surface area contributed by atoms with Crippen molar-refractivity contribution in [2.75, 3.05) is 0 Å². The second-order valence-corrected chi connectivity index (χ2v) is 4.49. The van der Waals surface area contributed by atoms with Crippen LogP contribution < -0.4 is 10.5 Å². The largest absolute Gasteiger partial charge is 0.454 e. The molecule has 0 aliphatic heterocycles. The molecule has 0 amide bonds. The van der Waals surface area contributed by atoms with Crippen LogP contribution in [0.15, 0.2) is 36.4 Å². The Morgan fingerprint density at radius 1 is 1.05 bits per heavy atom. The number of hydrogen-bond acceptors (Lipinski definition) is 2. The fourth-order valence-corrected chi connectivity index (χ4v) is 1.69. The molecule has 0 unspecified atom stereocenters. The summed E-state index contributed by atoms with van der Waals surface area (Å²) >= 11 is 0. The predicted octanol–water partition coefficient (Wildman–Crippen LogP) is 4.09. The number of hydrogen-bond donors (Lipinski definition) is 1. The van der Waals surface area contributed by atoms with Gasteiger partial charge < -0.3 is 10.5 Å². The smallest absolute Gasteiger partial charge is 0.166 e. The summed E-state index contributed by atoms with van der Waals surface area (Å²) in [5.41, 5.74) is 6.82. The van der Waals surface area contributed by atoms with Gasteiger partial charge in [0.05, 0.1) is 0 Å². The van der Waals surface area contributed by atoms with Gasteiger partial charge in [0.15, 0.2) is 11.6 Å². The lowest BCUT2D eigenvalue weighted by Crippen LogP contribution is -2.05. The molecular weight excluding hydrogens is 248 g/mol. The second kappa shape index (κ2) is 5.36. The lowest BCUT2D eigenvalue weighted by Gasteiger charge is -2.10. The Morgan fingerprint density at radius 2 is 1.79 bits per heavy atom. The van der Waals surface area contributed by atoms with Crippen LogP contribution in [-0.4, -0.2) is 0 Å². The van der Waals surface area contributed by atoms with Gasteiger partial charge in [0.2, 0.25) is 0 Å². The molecule has 0 bridgehead atoms. The number of benzene rings is 2. The minimum Gasteiger partial charge on any atom is -0.454 e. The van der Waals surface area contributed by atoms with Crippen LogP contribution in [0.1, 0.15) is 24.1 Å². The van der Waals surface area contributed by atoms with Crippen molar-refractivity contribution in [3.8, 4) is 11.5 Å². The van der Waals surface area contributed by atoms with E-state index in [1.807, 2.05) is 0 Å². The first-order valence-electron chi connectivity index (χ1n) is 5.96. The molecule has 0 spiro atoms. The average molecular weight is 263 g/mol. The van der Waals surface area contributed by atoms with Gasteiger partial charge in [-0.25, -0.2) is 8.78 Å². The Balaban J connectivity index is 2.25. The van der Waals surface area contributed by atoms with E-state index in [1.165, 1.54) is 30.3 Å². The van der Waals surface area contributed by atoms with Crippen LogP contribution in [-0.2, 0) is 0 Å². The van der Waals surface area contributed by atoms with Crippen LogP contribution >= 0.6 is 0 Å². The van der Waals surface area contributed by atoms with Crippen molar-refractivity contribution >= 4 is 0 Å². The fourth-order valence-electron chi connectivity index (χ4n) is 1.69. The van der Waals surface area contributed by atoms with E-state index >= 15 is 0 Å². The third-order valence-electron chi connectivity index (χ3n) is 2.84. The van der Waals surface area contributed by atoms with E-state index in [0.717, 1.165) is 0 Å². The zero-order valence-electron chi connectivity index (χ0n) is 10.8. The summed E-state index contributed by atoms with van der Waals surface area (Å²) in [6.45, 7) is 3.40. The maximum Gasteiger partial charge on any atom is 0.166 e. The van der Waals surface area contributed by atoms with Crippen molar-refractivity contribution < 1.29 is 13.5 Å². The van der Waals surface area contributed by atoms with Crippen molar-refractivity contribution in [3.63, 3.8) is 0 Å². The summed E-state index contributed by atoms with van der Waals surface area (Å²) in [4.78, 5) is 0. The van der Waals surface area contributed by atoms with E-state index < -0.39 is 5.82 Å². The standard InChI is InChI=1S/C15H15F2NO/c1-9-7-12(4-5-13(9)16)19-15-6-3-11(10(2)18)8-14(15)17/h3-8,10H,18H2,1-2H3/t10-/m0/s1. The second-order valence-electron chi connectivity index (χ2n) is 4.49. The molecule has 0 radical (unpaired) electrons. The molecule has 0 aromatic heterocycles. The number of halogens is 2. The molecule has 4 heteroatoms. The quantitative estimate of drug-likeness (QED) is 0.905. The molecule has 0 saturated heterocycles. The third-order valence-corrected chi connectivity index (χ3v) is 2.84. The monoisotopic (exact) mass is 263 g/mol. The number of nitrogens with two attached hydrogens (primary N) is 1. The molecule has 2 N–H and O–H groups in total. The Morgan fingerprint density at radius 3 is 2.37 bits per heavy atom. The van der Waals surface area contributed by atoms with Crippen LogP contribution in [0.5, 0.6) is 11.5 Å². The molecule has 0 aliphatic carbocycles. The molecule has 0 heterocycles. The first-order chi connectivity index (χ1) is 8.97. The molecule has 0 saturated carbocycles. The van der Waals surface area contributed by atoms with Crippen molar-refractivity contribution in [2.24, 2.45) is 5.73 Å². The number of rotatable bonds is 3. The molecule has 2 nitrogen and oxygen atoms in total. The minimum absolute atomic E-state index is 0.0930. The molecule has 1 atom stereocenters. The summed E-state index contributed by atoms with van der Waals surface area (Å²) in [5, 5.41) is 0. The van der Waals surface area contributed by atoms with E-state index in [9.17, 15) is 8.78 Å². The third kappa shape index (κ3) is 3.09. The molecule has 2 aromatic carbocycles. The van der Waals surface area contributed by atoms with Crippen molar-refractivity contribution in [3.05, 3.63) is 59.2 Å². The maximum absolute atomic E-state index is 13.8. The average Bonchev–Trinajstić information content (AvgIpc) is 2.36. The van der Waals surface area contributed by atoms with E-state index in [4.69, 9.17) is 10.5 Å². The topological polar surface area (TPSA) is 35.2 Å². The van der Waals surface area contributed by atoms with Crippen molar-refractivity contribution in [1.82, 2.24) is 0 Å². The van der Waals surface area contributed by atoms with Gasteiger partial charge in [-0.05, 0) is 55.3 Å². The lowest BCUT2D eigenvalue weighted by atomic mass is 10.1. The summed E-state index contributed by atoms with van der Waals surface area (Å²) in [6.07, 6.45) is 0. The molecule has 2 aromatic rings. The Labute approximate surface area is 110 Å². The van der Waals surface area contributed by atoms with Gasteiger partial charge in [-0.15, -0.1) is 0 Å². The van der Waals surface area contributed by atoms with E-state index in [0.29, 0.717) is 16.9 Å². The van der Waals surface area contributed by atoms with Crippen LogP contribution in [0.25, 0.3) is 0 Å². The highest BCUT2D eigenvalue weighted by atomic mass is 19.1. The van der Waals surface area contributed by atoms with Crippen LogP contribution in [0.4, 0.5) is 8.78 Å². The van der Waals surface area contributed by atoms with Crippen LogP contribution in [0.3, 0.4) is 0 Å². The van der Waals surface area contributed by atoms with E-state index in [-0.39, 0.29) is 17.6 Å². The zero-order chi connectivity index (χ0) is 14.0. The zero-order valence-corrected chi connectivity index (χ0v) is 10.8. The number of aryl methyl sites for hydroxylation is 1. The Bertz CT molecular complexity index is 597. The number of ether oxygens (including phenoxy) is 1. The minimum atomic E-state index is -0.489. The molecule has 0 fully saturated rings. The normalized spacial score (nSPS) is 12.3. The lowest BCUT2D eigenvalue weighted by molar-refractivity contribution is 0.439. The molecule has 19 heavy (non-hydrogen) atoms. The van der Waals surface area contributed by atoms with E-state index in [1.54, 1.807) is 19.9 Å². The molecular formula is C15H15F2NO. The highest BCUT2D eigenvalue weighted by Crippen LogP contribution is 2.27. The first kappa shape index (κ1) is 13.5. The Hall–Kier alpha value is -1.94. The molecule has 100 valence electrons. The van der Waals surface area contributed by atoms with Gasteiger partial charge >= 0.3 is 0 Å². The fraction of sp³-hybridized carbons (Fsp3) is 0.200. The van der Waals surface area contributed by atoms with Gasteiger partial charge in [0.25, 0.3) is 0 Å². The Kier molecular flexibility index (Phi) is 3.81.